The summed E-state index contributed by atoms with van der Waals surface area (Å²) in [6.07, 6.45) is 2.15. The zero-order valence-corrected chi connectivity index (χ0v) is 19.4. The third-order valence-electron chi connectivity index (χ3n) is 4.94. The van der Waals surface area contributed by atoms with E-state index < -0.39 is 17.9 Å². The lowest BCUT2D eigenvalue weighted by molar-refractivity contribution is -0.130. The summed E-state index contributed by atoms with van der Waals surface area (Å²) in [7, 11) is 1.93. The van der Waals surface area contributed by atoms with Crippen LogP contribution in [0.1, 0.15) is 41.3 Å². The average molecular weight is 466 g/mol. The summed E-state index contributed by atoms with van der Waals surface area (Å²) in [4.78, 5) is 37.8. The number of nitrogens with one attached hydrogen (secondary N) is 3. The van der Waals surface area contributed by atoms with Gasteiger partial charge in [-0.2, -0.15) is 0 Å². The molecule has 2 aromatic carbocycles. The Morgan fingerprint density at radius 2 is 1.62 bits per heavy atom. The smallest absolute Gasteiger partial charge is 0.267 e. The Bertz CT molecular complexity index is 1030. The van der Waals surface area contributed by atoms with Gasteiger partial charge < -0.3 is 16.4 Å². The minimum absolute atomic E-state index is 0.0589. The summed E-state index contributed by atoms with van der Waals surface area (Å²) in [6, 6.07) is 12.8. The zero-order chi connectivity index (χ0) is 24.9. The van der Waals surface area contributed by atoms with Crippen molar-refractivity contribution in [2.24, 2.45) is 5.73 Å². The van der Waals surface area contributed by atoms with Crippen LogP contribution in [-0.4, -0.2) is 60.6 Å². The number of likely N-dealkylation sites (N-methyl/N-ethyl adjacent to an activating group) is 1. The Kier molecular flexibility index (Phi) is 10.7. The average Bonchev–Trinajstić information content (AvgIpc) is 2.85. The summed E-state index contributed by atoms with van der Waals surface area (Å²) in [5, 5.41) is 14.0. The van der Waals surface area contributed by atoms with Gasteiger partial charge in [0.1, 0.15) is 6.04 Å². The molecule has 0 saturated carbocycles. The molecule has 3 amide bonds. The number of anilines is 1. The second kappa shape index (κ2) is 13.7. The fourth-order valence-corrected chi connectivity index (χ4v) is 2.99. The van der Waals surface area contributed by atoms with Crippen LogP contribution in [-0.2, 0) is 9.59 Å². The van der Waals surface area contributed by atoms with Gasteiger partial charge in [-0.1, -0.05) is 25.2 Å². The number of hydroxylamine groups is 1. The maximum atomic E-state index is 12.2. The highest BCUT2D eigenvalue weighted by molar-refractivity contribution is 5.97. The Morgan fingerprint density at radius 3 is 2.15 bits per heavy atom. The summed E-state index contributed by atoms with van der Waals surface area (Å²) in [5.41, 5.74) is 9.42. The Labute approximate surface area is 199 Å². The van der Waals surface area contributed by atoms with Gasteiger partial charge in [0.05, 0.1) is 6.54 Å². The quantitative estimate of drug-likeness (QED) is 0.204. The minimum atomic E-state index is -1.04. The van der Waals surface area contributed by atoms with Crippen molar-refractivity contribution < 1.29 is 19.6 Å². The number of unbranched alkanes of at least 4 members (excludes halogenated alkanes) is 1. The van der Waals surface area contributed by atoms with Gasteiger partial charge in [-0.05, 0) is 68.5 Å². The van der Waals surface area contributed by atoms with Crippen LogP contribution >= 0.6 is 0 Å². The lowest BCUT2D eigenvalue weighted by atomic mass is 10.1. The third kappa shape index (κ3) is 8.67. The zero-order valence-electron chi connectivity index (χ0n) is 19.4. The van der Waals surface area contributed by atoms with E-state index >= 15 is 0 Å². The predicted molar refractivity (Wildman–Crippen MR) is 130 cm³/mol. The van der Waals surface area contributed by atoms with Crippen molar-refractivity contribution in [1.29, 1.82) is 0 Å². The van der Waals surface area contributed by atoms with E-state index in [1.807, 2.05) is 24.1 Å². The standard InChI is InChI=1S/C25H31N5O4/c1-3-4-15-30(2)17-23(31)27-21-13-9-19(10-14-21)6-5-18-7-11-20(12-8-18)24(32)28-22(16-26)25(33)29-34/h7-14,22,34H,3-4,15-17,26H2,1-2H3,(H,27,31)(H,28,32)(H,29,33)/t22-/m0/s1. The molecule has 0 aliphatic rings. The van der Waals surface area contributed by atoms with Crippen LogP contribution in [0.25, 0.3) is 0 Å². The van der Waals surface area contributed by atoms with E-state index in [-0.39, 0.29) is 12.5 Å². The molecule has 0 bridgehead atoms. The fraction of sp³-hybridized carbons (Fsp3) is 0.320. The summed E-state index contributed by atoms with van der Waals surface area (Å²) in [6.45, 7) is 3.20. The van der Waals surface area contributed by atoms with E-state index in [2.05, 4.69) is 29.4 Å². The van der Waals surface area contributed by atoms with Crippen molar-refractivity contribution in [2.75, 3.05) is 32.0 Å². The molecular weight excluding hydrogens is 434 g/mol. The number of hydrogen-bond acceptors (Lipinski definition) is 6. The topological polar surface area (TPSA) is 137 Å². The van der Waals surface area contributed by atoms with E-state index in [1.165, 1.54) is 5.48 Å². The molecule has 6 N–H and O–H groups in total. The van der Waals surface area contributed by atoms with Crippen LogP contribution in [0.2, 0.25) is 0 Å². The van der Waals surface area contributed by atoms with Gasteiger partial charge in [-0.25, -0.2) is 5.48 Å². The fourth-order valence-electron chi connectivity index (χ4n) is 2.99. The second-order valence-electron chi connectivity index (χ2n) is 7.78. The second-order valence-corrected chi connectivity index (χ2v) is 7.78. The molecule has 0 unspecified atom stereocenters. The van der Waals surface area contributed by atoms with E-state index in [1.54, 1.807) is 36.4 Å². The van der Waals surface area contributed by atoms with Crippen LogP contribution < -0.4 is 21.8 Å². The van der Waals surface area contributed by atoms with Gasteiger partial charge in [-0.15, -0.1) is 0 Å². The van der Waals surface area contributed by atoms with Gasteiger partial charge in [0.15, 0.2) is 0 Å². The Morgan fingerprint density at radius 1 is 1.03 bits per heavy atom. The number of benzene rings is 2. The van der Waals surface area contributed by atoms with Crippen LogP contribution in [0.5, 0.6) is 0 Å². The first-order chi connectivity index (χ1) is 16.4. The molecule has 34 heavy (non-hydrogen) atoms. The van der Waals surface area contributed by atoms with E-state index in [0.717, 1.165) is 24.9 Å². The lowest BCUT2D eigenvalue weighted by Gasteiger charge is -2.15. The number of amides is 3. The molecule has 0 radical (unpaired) electrons. The van der Waals surface area contributed by atoms with Crippen molar-refractivity contribution in [3.63, 3.8) is 0 Å². The van der Waals surface area contributed by atoms with Crippen molar-refractivity contribution >= 4 is 23.4 Å². The summed E-state index contributed by atoms with van der Waals surface area (Å²) in [5.74, 6) is 4.72. The van der Waals surface area contributed by atoms with Gasteiger partial charge in [0.2, 0.25) is 5.91 Å². The Balaban J connectivity index is 1.92. The highest BCUT2D eigenvalue weighted by Crippen LogP contribution is 2.10. The minimum Gasteiger partial charge on any atom is -0.339 e. The summed E-state index contributed by atoms with van der Waals surface area (Å²) >= 11 is 0. The molecule has 2 rings (SSSR count). The number of nitrogens with two attached hydrogens (primary N) is 1. The summed E-state index contributed by atoms with van der Waals surface area (Å²) < 4.78 is 0. The Hall–Kier alpha value is -3.71. The number of carbonyl (C=O) groups excluding carboxylic acids is 3. The van der Waals surface area contributed by atoms with E-state index in [4.69, 9.17) is 10.9 Å². The van der Waals surface area contributed by atoms with Gasteiger partial charge >= 0.3 is 0 Å². The number of nitrogens with zero attached hydrogens (tertiary/aromatic N) is 1. The molecule has 1 atom stereocenters. The SMILES string of the molecule is CCCCN(C)CC(=O)Nc1ccc(C#Cc2ccc(C(=O)N[C@@H](CN)C(=O)NO)cc2)cc1. The van der Waals surface area contributed by atoms with Crippen molar-refractivity contribution in [1.82, 2.24) is 15.7 Å². The van der Waals surface area contributed by atoms with Gasteiger partial charge in [0.25, 0.3) is 11.8 Å². The molecule has 0 spiro atoms. The first-order valence-electron chi connectivity index (χ1n) is 11.0. The highest BCUT2D eigenvalue weighted by atomic mass is 16.5. The first-order valence-corrected chi connectivity index (χ1v) is 11.0. The number of carbonyl (C=O) groups is 3. The number of hydrogen-bond donors (Lipinski definition) is 5. The maximum absolute atomic E-state index is 12.2. The molecule has 2 aromatic rings. The van der Waals surface area contributed by atoms with E-state index in [0.29, 0.717) is 23.4 Å². The maximum Gasteiger partial charge on any atom is 0.267 e. The monoisotopic (exact) mass is 465 g/mol. The van der Waals surface area contributed by atoms with Crippen LogP contribution in [0.4, 0.5) is 5.69 Å². The predicted octanol–water partition coefficient (Wildman–Crippen LogP) is 1.32. The van der Waals surface area contributed by atoms with Crippen molar-refractivity contribution in [3.05, 3.63) is 65.2 Å². The van der Waals surface area contributed by atoms with Crippen LogP contribution in [0, 0.1) is 11.8 Å². The first kappa shape index (κ1) is 26.5. The van der Waals surface area contributed by atoms with Crippen LogP contribution in [0.15, 0.2) is 48.5 Å². The van der Waals surface area contributed by atoms with E-state index in [9.17, 15) is 14.4 Å². The normalized spacial score (nSPS) is 11.2. The largest absolute Gasteiger partial charge is 0.339 e. The highest BCUT2D eigenvalue weighted by Gasteiger charge is 2.19. The molecule has 0 fully saturated rings. The molecule has 0 aromatic heterocycles. The third-order valence-corrected chi connectivity index (χ3v) is 4.94. The molecule has 180 valence electrons. The molecule has 0 aliphatic heterocycles. The molecule has 0 heterocycles. The van der Waals surface area contributed by atoms with Gasteiger partial charge in [-0.3, -0.25) is 24.5 Å². The van der Waals surface area contributed by atoms with Crippen molar-refractivity contribution in [2.45, 2.75) is 25.8 Å². The molecule has 9 nitrogen and oxygen atoms in total. The molecular formula is C25H31N5O4. The molecule has 0 saturated heterocycles. The molecule has 9 heteroatoms. The lowest BCUT2D eigenvalue weighted by Crippen LogP contribution is -2.50. The van der Waals surface area contributed by atoms with Crippen LogP contribution in [0.3, 0.4) is 0 Å². The number of rotatable bonds is 10. The van der Waals surface area contributed by atoms with Gasteiger partial charge in [0, 0.05) is 28.9 Å². The van der Waals surface area contributed by atoms with Crippen molar-refractivity contribution in [3.8, 4) is 11.8 Å². The molecule has 0 aliphatic carbocycles.